The summed E-state index contributed by atoms with van der Waals surface area (Å²) >= 11 is 3.35. The number of hydrogen-bond donors (Lipinski definition) is 1. The number of carbonyl (C=O) groups is 2. The van der Waals surface area contributed by atoms with E-state index in [4.69, 9.17) is 0 Å². The fourth-order valence-corrected chi connectivity index (χ4v) is 3.17. The molecule has 0 aliphatic carbocycles. The van der Waals surface area contributed by atoms with Gasteiger partial charge in [-0.2, -0.15) is 10.4 Å². The van der Waals surface area contributed by atoms with Crippen LogP contribution in [0.1, 0.15) is 26.3 Å². The van der Waals surface area contributed by atoms with Crippen LogP contribution in [0.25, 0.3) is 11.3 Å². The molecule has 0 fully saturated rings. The minimum absolute atomic E-state index is 0.273. The highest BCUT2D eigenvalue weighted by Gasteiger charge is 2.21. The van der Waals surface area contributed by atoms with Gasteiger partial charge in [0.05, 0.1) is 23.7 Å². The monoisotopic (exact) mass is 465 g/mol. The molecule has 0 aliphatic heterocycles. The lowest BCUT2D eigenvalue weighted by Gasteiger charge is -2.13. The average Bonchev–Trinajstić information content (AvgIpc) is 3.09. The van der Waals surface area contributed by atoms with E-state index in [1.54, 1.807) is 53.2 Å². The molecule has 0 unspecified atom stereocenters. The zero-order valence-corrected chi connectivity index (χ0v) is 18.2. The number of halogens is 1. The van der Waals surface area contributed by atoms with Crippen molar-refractivity contribution in [3.63, 3.8) is 0 Å². The van der Waals surface area contributed by atoms with Gasteiger partial charge in [-0.05, 0) is 50.5 Å². The maximum Gasteiger partial charge on any atom is 0.256 e. The van der Waals surface area contributed by atoms with Crippen LogP contribution in [0.3, 0.4) is 0 Å². The third-order valence-electron chi connectivity index (χ3n) is 4.47. The topological polar surface area (TPSA) is 91.0 Å². The molecule has 152 valence electrons. The number of nitrogens with one attached hydrogen (secondary N) is 1. The van der Waals surface area contributed by atoms with Crippen LogP contribution in [-0.2, 0) is 6.54 Å². The van der Waals surface area contributed by atoms with E-state index < -0.39 is 0 Å². The van der Waals surface area contributed by atoms with Crippen LogP contribution in [0.5, 0.6) is 0 Å². The van der Waals surface area contributed by atoms with Crippen molar-refractivity contribution in [2.75, 3.05) is 26.0 Å². The normalized spacial score (nSPS) is 10.6. The van der Waals surface area contributed by atoms with E-state index in [0.29, 0.717) is 47.6 Å². The molecule has 8 heteroatoms. The molecule has 0 saturated carbocycles. The van der Waals surface area contributed by atoms with Crippen LogP contribution in [0, 0.1) is 11.3 Å². The van der Waals surface area contributed by atoms with Gasteiger partial charge < -0.3 is 10.2 Å². The highest BCUT2D eigenvalue weighted by molar-refractivity contribution is 9.10. The Balaban J connectivity index is 2.05. The summed E-state index contributed by atoms with van der Waals surface area (Å²) < 4.78 is 2.48. The highest BCUT2D eigenvalue weighted by Crippen LogP contribution is 2.29. The number of carbonyl (C=O) groups excluding carboxylic acids is 2. The Morgan fingerprint density at radius 1 is 1.27 bits per heavy atom. The summed E-state index contributed by atoms with van der Waals surface area (Å²) in [5.74, 6) is -0.00828. The number of nitriles is 1. The van der Waals surface area contributed by atoms with Crippen molar-refractivity contribution in [3.05, 3.63) is 69.7 Å². The number of aromatic nitrogens is 2. The molecule has 0 saturated heterocycles. The van der Waals surface area contributed by atoms with E-state index in [9.17, 15) is 14.9 Å². The zero-order valence-electron chi connectivity index (χ0n) is 16.6. The lowest BCUT2D eigenvalue weighted by Crippen LogP contribution is -2.22. The molecular weight excluding hydrogens is 446 g/mol. The standard InChI is InChI=1S/C22H20BrN5O2/c1-27(2)10-11-28-21(25-22(30)16-6-8-18(23)9-7-16)19(14-29)20(26-28)17-5-3-4-15(12-17)13-24/h3-9,12,14H,10-11H2,1-2H3,(H,25,30). The number of anilines is 1. The van der Waals surface area contributed by atoms with Crippen LogP contribution < -0.4 is 5.32 Å². The van der Waals surface area contributed by atoms with Gasteiger partial charge in [-0.15, -0.1) is 0 Å². The van der Waals surface area contributed by atoms with Gasteiger partial charge in [0.25, 0.3) is 5.91 Å². The molecule has 1 aromatic heterocycles. The molecule has 0 spiro atoms. The van der Waals surface area contributed by atoms with Gasteiger partial charge in [-0.1, -0.05) is 28.1 Å². The smallest absolute Gasteiger partial charge is 0.256 e. The van der Waals surface area contributed by atoms with Crippen molar-refractivity contribution < 1.29 is 9.59 Å². The van der Waals surface area contributed by atoms with Gasteiger partial charge in [0, 0.05) is 22.1 Å². The summed E-state index contributed by atoms with van der Waals surface area (Å²) in [6, 6.07) is 15.9. The Labute approximate surface area is 183 Å². The molecule has 0 atom stereocenters. The SMILES string of the molecule is CN(C)CCn1nc(-c2cccc(C#N)c2)c(C=O)c1NC(=O)c1ccc(Br)cc1. The number of aldehydes is 1. The lowest BCUT2D eigenvalue weighted by molar-refractivity contribution is 0.102. The first-order chi connectivity index (χ1) is 14.4. The fourth-order valence-electron chi connectivity index (χ4n) is 2.91. The van der Waals surface area contributed by atoms with E-state index in [1.807, 2.05) is 19.0 Å². The molecule has 1 heterocycles. The Morgan fingerprint density at radius 2 is 2.00 bits per heavy atom. The largest absolute Gasteiger partial charge is 0.308 e. The Morgan fingerprint density at radius 3 is 2.63 bits per heavy atom. The number of benzene rings is 2. The predicted molar refractivity (Wildman–Crippen MR) is 118 cm³/mol. The molecule has 1 N–H and O–H groups in total. The molecule has 0 bridgehead atoms. The maximum absolute atomic E-state index is 12.8. The molecule has 30 heavy (non-hydrogen) atoms. The third kappa shape index (κ3) is 4.82. The van der Waals surface area contributed by atoms with Crippen LogP contribution in [0.2, 0.25) is 0 Å². The first kappa shape index (κ1) is 21.4. The summed E-state index contributed by atoms with van der Waals surface area (Å²) in [5.41, 5.74) is 2.26. The first-order valence-electron chi connectivity index (χ1n) is 9.21. The highest BCUT2D eigenvalue weighted by atomic mass is 79.9. The molecule has 3 rings (SSSR count). The van der Waals surface area contributed by atoms with Crippen LogP contribution in [0.15, 0.2) is 53.0 Å². The van der Waals surface area contributed by atoms with Crippen LogP contribution in [0.4, 0.5) is 5.82 Å². The van der Waals surface area contributed by atoms with Crippen molar-refractivity contribution >= 4 is 33.9 Å². The quantitative estimate of drug-likeness (QED) is 0.535. The molecule has 1 amide bonds. The molecular formula is C22H20BrN5O2. The van der Waals surface area contributed by atoms with E-state index >= 15 is 0 Å². The van der Waals surface area contributed by atoms with E-state index in [0.717, 1.165) is 4.47 Å². The minimum atomic E-state index is -0.339. The van der Waals surface area contributed by atoms with Crippen LogP contribution >= 0.6 is 15.9 Å². The zero-order chi connectivity index (χ0) is 21.7. The van der Waals surface area contributed by atoms with E-state index in [-0.39, 0.29) is 11.5 Å². The van der Waals surface area contributed by atoms with Gasteiger partial charge in [0.15, 0.2) is 6.29 Å². The van der Waals surface area contributed by atoms with Crippen molar-refractivity contribution in [2.45, 2.75) is 6.54 Å². The Kier molecular flexibility index (Phi) is 6.77. The number of hydrogen-bond acceptors (Lipinski definition) is 5. The summed E-state index contributed by atoms with van der Waals surface area (Å²) in [4.78, 5) is 26.8. The second-order valence-electron chi connectivity index (χ2n) is 6.91. The van der Waals surface area contributed by atoms with Gasteiger partial charge in [-0.3, -0.25) is 9.59 Å². The van der Waals surface area contributed by atoms with Gasteiger partial charge in [-0.25, -0.2) is 4.68 Å². The van der Waals surface area contributed by atoms with E-state index in [2.05, 4.69) is 32.4 Å². The molecule has 2 aromatic carbocycles. The molecule has 3 aromatic rings. The Bertz CT molecular complexity index is 1110. The number of likely N-dealkylation sites (N-methyl/N-ethyl adjacent to an activating group) is 1. The third-order valence-corrected chi connectivity index (χ3v) is 5.00. The summed E-state index contributed by atoms with van der Waals surface area (Å²) in [6.07, 6.45) is 0.685. The van der Waals surface area contributed by atoms with Crippen molar-refractivity contribution in [1.29, 1.82) is 5.26 Å². The second-order valence-corrected chi connectivity index (χ2v) is 7.82. The second kappa shape index (κ2) is 9.48. The summed E-state index contributed by atoms with van der Waals surface area (Å²) in [5, 5.41) is 16.6. The van der Waals surface area contributed by atoms with Crippen molar-refractivity contribution in [1.82, 2.24) is 14.7 Å². The van der Waals surface area contributed by atoms with Crippen LogP contribution in [-0.4, -0.2) is 47.5 Å². The summed E-state index contributed by atoms with van der Waals surface area (Å²) in [6.45, 7) is 1.14. The molecule has 0 aliphatic rings. The minimum Gasteiger partial charge on any atom is -0.308 e. The van der Waals surface area contributed by atoms with Gasteiger partial charge >= 0.3 is 0 Å². The van der Waals surface area contributed by atoms with Crippen molar-refractivity contribution in [3.8, 4) is 17.3 Å². The average molecular weight is 466 g/mol. The fraction of sp³-hybridized carbons (Fsp3) is 0.182. The number of rotatable bonds is 7. The summed E-state index contributed by atoms with van der Waals surface area (Å²) in [7, 11) is 3.86. The molecule has 0 radical (unpaired) electrons. The number of amides is 1. The predicted octanol–water partition coefficient (Wildman–Crippen LogP) is 3.81. The maximum atomic E-state index is 12.8. The van der Waals surface area contributed by atoms with Crippen molar-refractivity contribution in [2.24, 2.45) is 0 Å². The number of nitrogens with zero attached hydrogens (tertiary/aromatic N) is 4. The Hall–Kier alpha value is -3.28. The lowest BCUT2D eigenvalue weighted by atomic mass is 10.1. The van der Waals surface area contributed by atoms with Gasteiger partial charge in [0.2, 0.25) is 0 Å². The molecule has 7 nitrogen and oxygen atoms in total. The first-order valence-corrected chi connectivity index (χ1v) is 10.0. The van der Waals surface area contributed by atoms with Gasteiger partial charge in [0.1, 0.15) is 11.5 Å². The van der Waals surface area contributed by atoms with E-state index in [1.165, 1.54) is 0 Å².